The number of aromatic nitrogens is 4. The molecule has 8 nitrogen and oxygen atoms in total. The summed E-state index contributed by atoms with van der Waals surface area (Å²) in [6.07, 6.45) is 2.58. The van der Waals surface area contributed by atoms with Gasteiger partial charge in [-0.15, -0.1) is 0 Å². The highest BCUT2D eigenvalue weighted by Gasteiger charge is 2.29. The Morgan fingerprint density at radius 1 is 1.32 bits per heavy atom. The van der Waals surface area contributed by atoms with Gasteiger partial charge >= 0.3 is 6.18 Å². The molecule has 3 aromatic rings. The lowest BCUT2D eigenvalue weighted by Gasteiger charge is -2.21. The largest absolute Gasteiger partial charge is 0.468 e. The highest BCUT2D eigenvalue weighted by molar-refractivity contribution is 5.99. The first-order chi connectivity index (χ1) is 16.2. The molecule has 0 aromatic carbocycles. The van der Waals surface area contributed by atoms with E-state index in [0.29, 0.717) is 47.8 Å². The maximum Gasteiger partial charge on any atom is 0.422 e. The minimum Gasteiger partial charge on any atom is -0.468 e. The van der Waals surface area contributed by atoms with E-state index in [1.165, 1.54) is 6.20 Å². The number of nitrogens with one attached hydrogen (secondary N) is 1. The predicted molar refractivity (Wildman–Crippen MR) is 119 cm³/mol. The fourth-order valence-electron chi connectivity index (χ4n) is 3.92. The molecular weight excluding hydrogens is 451 g/mol. The first kappa shape index (κ1) is 23.9. The first-order valence-corrected chi connectivity index (χ1v) is 11.1. The van der Waals surface area contributed by atoms with Crippen LogP contribution in [0.4, 0.5) is 19.0 Å². The summed E-state index contributed by atoms with van der Waals surface area (Å²) in [6.45, 7) is 3.51. The highest BCUT2D eigenvalue weighted by Crippen LogP contribution is 2.27. The van der Waals surface area contributed by atoms with Crippen molar-refractivity contribution in [3.63, 3.8) is 0 Å². The number of carbonyl (C=O) groups is 1. The Hall–Kier alpha value is -3.21. The summed E-state index contributed by atoms with van der Waals surface area (Å²) in [5.41, 5.74) is 1.91. The molecule has 1 aliphatic rings. The summed E-state index contributed by atoms with van der Waals surface area (Å²) in [5.74, 6) is 0.590. The molecule has 0 aliphatic carbocycles. The Kier molecular flexibility index (Phi) is 7.01. The topological polar surface area (TPSA) is 91.2 Å². The molecule has 3 aromatic heterocycles. The van der Waals surface area contributed by atoms with Crippen LogP contribution in [0.3, 0.4) is 0 Å². The zero-order valence-corrected chi connectivity index (χ0v) is 18.9. The molecule has 1 aliphatic heterocycles. The molecule has 0 radical (unpaired) electrons. The standard InChI is InChI=1S/C23H26F3N5O3/c1-14-9-17(11-28-22(14)34-13-23(24,25)26)15(2)31-12-18-19(30-31)3-6-27-21(18)29-20(32)10-16-4-7-33-8-5-16/h3,6,9,11-12,15-16H,4-5,7-8,10,13H2,1-2H3,(H,27,29,32). The number of anilines is 1. The number of alkyl halides is 3. The molecule has 0 bridgehead atoms. The second-order valence-corrected chi connectivity index (χ2v) is 8.48. The molecule has 1 atom stereocenters. The molecule has 182 valence electrons. The van der Waals surface area contributed by atoms with Crippen molar-refractivity contribution < 1.29 is 27.4 Å². The smallest absolute Gasteiger partial charge is 0.422 e. The van der Waals surface area contributed by atoms with Crippen LogP contribution in [0.15, 0.2) is 30.7 Å². The van der Waals surface area contributed by atoms with Crippen LogP contribution in [-0.4, -0.2) is 51.7 Å². The van der Waals surface area contributed by atoms with Gasteiger partial charge in [-0.25, -0.2) is 9.97 Å². The quantitative estimate of drug-likeness (QED) is 0.541. The third kappa shape index (κ3) is 5.82. The van der Waals surface area contributed by atoms with Gasteiger partial charge in [0.25, 0.3) is 0 Å². The fraction of sp³-hybridized carbons (Fsp3) is 0.478. The number of nitrogens with zero attached hydrogens (tertiary/aromatic N) is 4. The van der Waals surface area contributed by atoms with Crippen LogP contribution < -0.4 is 10.1 Å². The summed E-state index contributed by atoms with van der Waals surface area (Å²) in [4.78, 5) is 20.9. The number of hydrogen-bond donors (Lipinski definition) is 1. The summed E-state index contributed by atoms with van der Waals surface area (Å²) >= 11 is 0. The van der Waals surface area contributed by atoms with Crippen molar-refractivity contribution in [3.8, 4) is 5.88 Å². The summed E-state index contributed by atoms with van der Waals surface area (Å²) in [5, 5.41) is 8.20. The summed E-state index contributed by atoms with van der Waals surface area (Å²) in [6, 6.07) is 3.22. The van der Waals surface area contributed by atoms with Gasteiger partial charge in [0.2, 0.25) is 11.8 Å². The van der Waals surface area contributed by atoms with Crippen LogP contribution in [0.2, 0.25) is 0 Å². The van der Waals surface area contributed by atoms with E-state index in [4.69, 9.17) is 9.47 Å². The average Bonchev–Trinajstić information content (AvgIpc) is 3.23. The molecular formula is C23H26F3N5O3. The van der Waals surface area contributed by atoms with E-state index >= 15 is 0 Å². The van der Waals surface area contributed by atoms with Crippen LogP contribution in [0.25, 0.3) is 10.9 Å². The van der Waals surface area contributed by atoms with Gasteiger partial charge in [-0.05, 0) is 50.3 Å². The lowest BCUT2D eigenvalue weighted by atomic mass is 9.96. The Labute approximate surface area is 194 Å². The number of fused-ring (bicyclic) bond motifs is 1. The maximum absolute atomic E-state index is 12.6. The molecule has 1 unspecified atom stereocenters. The van der Waals surface area contributed by atoms with E-state index in [0.717, 1.165) is 18.4 Å². The average molecular weight is 477 g/mol. The monoisotopic (exact) mass is 477 g/mol. The number of amides is 1. The van der Waals surface area contributed by atoms with E-state index in [2.05, 4.69) is 20.4 Å². The van der Waals surface area contributed by atoms with E-state index in [1.54, 1.807) is 36.1 Å². The Morgan fingerprint density at radius 2 is 2.09 bits per heavy atom. The number of halogens is 3. The van der Waals surface area contributed by atoms with Gasteiger partial charge in [-0.2, -0.15) is 18.3 Å². The fourth-order valence-corrected chi connectivity index (χ4v) is 3.92. The molecule has 11 heteroatoms. The number of ether oxygens (including phenoxy) is 2. The maximum atomic E-state index is 12.6. The molecule has 1 amide bonds. The molecule has 1 N–H and O–H groups in total. The van der Waals surface area contributed by atoms with Crippen molar-refractivity contribution in [2.75, 3.05) is 25.1 Å². The normalized spacial score (nSPS) is 15.9. The summed E-state index contributed by atoms with van der Waals surface area (Å²) < 4.78 is 49.1. The zero-order chi connectivity index (χ0) is 24.3. The van der Waals surface area contributed by atoms with Gasteiger partial charge in [-0.1, -0.05) is 0 Å². The molecule has 0 spiro atoms. The van der Waals surface area contributed by atoms with Crippen LogP contribution in [0.5, 0.6) is 5.88 Å². The number of aryl methyl sites for hydroxylation is 1. The molecule has 1 saturated heterocycles. The Morgan fingerprint density at radius 3 is 2.79 bits per heavy atom. The van der Waals surface area contributed by atoms with Crippen molar-refractivity contribution in [1.82, 2.24) is 19.7 Å². The van der Waals surface area contributed by atoms with Crippen LogP contribution in [-0.2, 0) is 9.53 Å². The molecule has 4 rings (SSSR count). The number of pyridine rings is 2. The van der Waals surface area contributed by atoms with Crippen LogP contribution in [0, 0.1) is 12.8 Å². The molecule has 4 heterocycles. The predicted octanol–water partition coefficient (Wildman–Crippen LogP) is 4.44. The molecule has 0 saturated carbocycles. The SMILES string of the molecule is Cc1cc(C(C)n2cc3c(NC(=O)CC4CCOCC4)nccc3n2)cnc1OCC(F)(F)F. The number of carbonyl (C=O) groups excluding carboxylic acids is 1. The van der Waals surface area contributed by atoms with Crippen molar-refractivity contribution in [2.45, 2.75) is 45.3 Å². The van der Waals surface area contributed by atoms with Gasteiger partial charge < -0.3 is 14.8 Å². The molecule has 34 heavy (non-hydrogen) atoms. The third-order valence-corrected chi connectivity index (χ3v) is 5.83. The number of rotatable bonds is 7. The lowest BCUT2D eigenvalue weighted by molar-refractivity contribution is -0.154. The lowest BCUT2D eigenvalue weighted by Crippen LogP contribution is -2.22. The van der Waals surface area contributed by atoms with E-state index in [1.807, 2.05) is 6.92 Å². The van der Waals surface area contributed by atoms with Crippen molar-refractivity contribution >= 4 is 22.6 Å². The minimum atomic E-state index is -4.43. The second kappa shape index (κ2) is 9.96. The highest BCUT2D eigenvalue weighted by atomic mass is 19.4. The minimum absolute atomic E-state index is 0.0578. The van der Waals surface area contributed by atoms with Crippen molar-refractivity contribution in [2.24, 2.45) is 5.92 Å². The third-order valence-electron chi connectivity index (χ3n) is 5.83. The summed E-state index contributed by atoms with van der Waals surface area (Å²) in [7, 11) is 0. The Balaban J connectivity index is 1.49. The van der Waals surface area contributed by atoms with E-state index in [9.17, 15) is 18.0 Å². The second-order valence-electron chi connectivity index (χ2n) is 8.48. The zero-order valence-electron chi connectivity index (χ0n) is 18.9. The van der Waals surface area contributed by atoms with Gasteiger partial charge in [0.1, 0.15) is 5.82 Å². The number of hydrogen-bond acceptors (Lipinski definition) is 6. The molecule has 1 fully saturated rings. The van der Waals surface area contributed by atoms with Crippen molar-refractivity contribution in [1.29, 1.82) is 0 Å². The van der Waals surface area contributed by atoms with Crippen LogP contribution in [0.1, 0.15) is 43.4 Å². The van der Waals surface area contributed by atoms with E-state index in [-0.39, 0.29) is 17.8 Å². The first-order valence-electron chi connectivity index (χ1n) is 11.1. The van der Waals surface area contributed by atoms with Gasteiger partial charge in [0.15, 0.2) is 6.61 Å². The van der Waals surface area contributed by atoms with Crippen LogP contribution >= 0.6 is 0 Å². The van der Waals surface area contributed by atoms with Crippen molar-refractivity contribution in [3.05, 3.63) is 41.9 Å². The van der Waals surface area contributed by atoms with Gasteiger partial charge in [0, 0.05) is 43.8 Å². The van der Waals surface area contributed by atoms with E-state index < -0.39 is 12.8 Å². The Bertz CT molecular complexity index is 1160. The van der Waals surface area contributed by atoms with Gasteiger partial charge in [-0.3, -0.25) is 9.48 Å². The van der Waals surface area contributed by atoms with Gasteiger partial charge in [0.05, 0.1) is 16.9 Å².